The SMILES string of the molecule is Cc1cc(C)c(-c2c3nc(c(-c4c(C)cc(C)cc4C)c4ccc([nH]4)c(-c4c(C)cc(C)cc4C)c4nc(c(-c5cc(C(C)(C)C)cc6c5Oc5c(C(=N)N)cc(C(C)(C)C)cc5C6(C)C)c5ccc2[nH]5)C=C4)C=C3)c(C)c1. The van der Waals surface area contributed by atoms with Crippen molar-refractivity contribution in [3.63, 3.8) is 0 Å². The first kappa shape index (κ1) is 52.0. The van der Waals surface area contributed by atoms with E-state index in [1.54, 1.807) is 0 Å². The van der Waals surface area contributed by atoms with Gasteiger partial charge in [0, 0.05) is 66.4 Å². The van der Waals surface area contributed by atoms with Gasteiger partial charge in [0.2, 0.25) is 0 Å². The van der Waals surface area contributed by atoms with Crippen LogP contribution in [0, 0.1) is 67.7 Å². The highest BCUT2D eigenvalue weighted by Gasteiger charge is 2.40. The van der Waals surface area contributed by atoms with E-state index in [0.717, 1.165) is 106 Å². The number of rotatable bonds is 5. The molecule has 6 heterocycles. The summed E-state index contributed by atoms with van der Waals surface area (Å²) >= 11 is 0. The fraction of sp³-hybridized carbons (Fsp3) is 0.282. The lowest BCUT2D eigenvalue weighted by molar-refractivity contribution is 0.415. The lowest BCUT2D eigenvalue weighted by atomic mass is 9.70. The fourth-order valence-electron chi connectivity index (χ4n) is 12.9. The van der Waals surface area contributed by atoms with Gasteiger partial charge >= 0.3 is 0 Å². The van der Waals surface area contributed by atoms with Gasteiger partial charge in [-0.05, 0) is 195 Å². The Morgan fingerprint density at radius 2 is 0.769 bits per heavy atom. The number of nitrogens with two attached hydrogens (primary N) is 1. The summed E-state index contributed by atoms with van der Waals surface area (Å²) in [6.45, 7) is 37.8. The van der Waals surface area contributed by atoms with Gasteiger partial charge in [-0.1, -0.05) is 121 Å². The smallest absolute Gasteiger partial charge is 0.142 e. The topological polar surface area (TPSA) is 116 Å². The maximum absolute atomic E-state index is 9.00. The van der Waals surface area contributed by atoms with Crippen molar-refractivity contribution in [1.82, 2.24) is 19.9 Å². The van der Waals surface area contributed by atoms with Crippen LogP contribution in [0.4, 0.5) is 0 Å². The standard InChI is InChI=1S/C71H74N6O/c1-36-26-39(4)59(40(5)27-36)63-53-20-18-51(74-53)62(47-32-45(69(10,11)12)34-49-66(47)78-67-48(68(72)73)33-46(70(13,14)15)35-50(67)71(49,16)17)52-19-21-54(75-52)64(60-41(6)28-37(2)29-42(60)7)56-23-25-58(77-56)65(57-24-22-55(63)76-57)61-43(8)30-38(3)31-44(61)9/h18-35,74,77H,1-17H3,(H3,72,73). The van der Waals surface area contributed by atoms with Crippen LogP contribution in [-0.2, 0) is 16.2 Å². The molecule has 7 heteroatoms. The minimum absolute atomic E-state index is 0.0293. The molecule has 0 unspecified atom stereocenters. The van der Waals surface area contributed by atoms with E-state index in [9.17, 15) is 0 Å². The summed E-state index contributed by atoms with van der Waals surface area (Å²) in [5.41, 5.74) is 36.8. The Hall–Kier alpha value is -8.03. The molecule has 7 nitrogen and oxygen atoms in total. The molecule has 0 spiro atoms. The summed E-state index contributed by atoms with van der Waals surface area (Å²) in [4.78, 5) is 19.6. The molecule has 0 saturated carbocycles. The summed E-state index contributed by atoms with van der Waals surface area (Å²) in [5.74, 6) is 1.31. The molecule has 8 aromatic rings. The molecule has 3 aliphatic rings. The van der Waals surface area contributed by atoms with Crippen LogP contribution < -0.4 is 10.5 Å². The van der Waals surface area contributed by atoms with Gasteiger partial charge in [-0.15, -0.1) is 0 Å². The second kappa shape index (κ2) is 18.3. The third-order valence-corrected chi connectivity index (χ3v) is 16.6. The third-order valence-electron chi connectivity index (χ3n) is 16.6. The maximum Gasteiger partial charge on any atom is 0.142 e. The highest BCUT2D eigenvalue weighted by Crippen LogP contribution is 2.56. The van der Waals surface area contributed by atoms with Crippen molar-refractivity contribution >= 4 is 52.2 Å². The Labute approximate surface area is 461 Å². The predicted octanol–water partition coefficient (Wildman–Crippen LogP) is 18.4. The van der Waals surface area contributed by atoms with Crippen LogP contribution in [0.15, 0.2) is 84.9 Å². The summed E-state index contributed by atoms with van der Waals surface area (Å²) < 4.78 is 7.42. The van der Waals surface area contributed by atoms with Crippen LogP contribution in [0.3, 0.4) is 0 Å². The van der Waals surface area contributed by atoms with E-state index in [0.29, 0.717) is 11.3 Å². The average molecular weight is 1030 g/mol. The van der Waals surface area contributed by atoms with Gasteiger partial charge in [0.15, 0.2) is 0 Å². The summed E-state index contributed by atoms with van der Waals surface area (Å²) in [6, 6.07) is 31.5. The van der Waals surface area contributed by atoms with Crippen LogP contribution in [0.1, 0.15) is 156 Å². The zero-order valence-electron chi connectivity index (χ0n) is 48.8. The summed E-state index contributed by atoms with van der Waals surface area (Å²) in [5, 5.41) is 9.00. The number of nitrogens with one attached hydrogen (secondary N) is 3. The number of ether oxygens (including phenoxy) is 1. The van der Waals surface area contributed by atoms with Gasteiger partial charge in [0.1, 0.15) is 17.3 Å². The first-order chi connectivity index (χ1) is 36.7. The molecule has 0 aliphatic carbocycles. The quantitative estimate of drug-likeness (QED) is 0.101. The lowest BCUT2D eigenvalue weighted by Crippen LogP contribution is -2.29. The molecule has 5 N–H and O–H groups in total. The second-order valence-corrected chi connectivity index (χ2v) is 25.3. The number of H-pyrrole nitrogens is 2. The first-order valence-electron chi connectivity index (χ1n) is 27.5. The Morgan fingerprint density at radius 3 is 1.12 bits per heavy atom. The monoisotopic (exact) mass is 1030 g/mol. The van der Waals surface area contributed by atoms with Crippen LogP contribution in [0.25, 0.3) is 90.9 Å². The van der Waals surface area contributed by atoms with Crippen molar-refractivity contribution in [2.24, 2.45) is 5.73 Å². The van der Waals surface area contributed by atoms with Crippen molar-refractivity contribution in [2.75, 3.05) is 0 Å². The number of benzene rings is 5. The van der Waals surface area contributed by atoms with Gasteiger partial charge < -0.3 is 20.4 Å². The number of nitrogen functional groups attached to an aromatic ring is 1. The minimum Gasteiger partial charge on any atom is -0.455 e. The van der Waals surface area contributed by atoms with Crippen molar-refractivity contribution in [3.8, 4) is 56.0 Å². The molecule has 0 atom stereocenters. The predicted molar refractivity (Wildman–Crippen MR) is 330 cm³/mol. The number of fused-ring (bicyclic) bond motifs is 10. The van der Waals surface area contributed by atoms with Crippen molar-refractivity contribution < 1.29 is 4.74 Å². The number of aromatic nitrogens is 4. The molecule has 78 heavy (non-hydrogen) atoms. The highest BCUT2D eigenvalue weighted by atomic mass is 16.5. The zero-order chi connectivity index (χ0) is 55.8. The second-order valence-electron chi connectivity index (χ2n) is 25.3. The van der Waals surface area contributed by atoms with Crippen molar-refractivity contribution in [3.05, 3.63) is 186 Å². The Kier molecular flexibility index (Phi) is 12.2. The van der Waals surface area contributed by atoms with Gasteiger partial charge in [-0.2, -0.15) is 0 Å². The van der Waals surface area contributed by atoms with Crippen LogP contribution in [0.2, 0.25) is 0 Å². The molecule has 11 rings (SSSR count). The van der Waals surface area contributed by atoms with E-state index in [-0.39, 0.29) is 16.7 Å². The number of aromatic amines is 2. The molecule has 0 fully saturated rings. The molecule has 394 valence electrons. The Bertz CT molecular complexity index is 4050. The number of nitrogens with zero attached hydrogens (tertiary/aromatic N) is 2. The first-order valence-corrected chi connectivity index (χ1v) is 27.5. The summed E-state index contributed by atoms with van der Waals surface area (Å²) in [6.07, 6.45) is 8.77. The van der Waals surface area contributed by atoms with Gasteiger partial charge in [0.25, 0.3) is 0 Å². The lowest BCUT2D eigenvalue weighted by Gasteiger charge is -2.39. The molecule has 0 saturated heterocycles. The van der Waals surface area contributed by atoms with Gasteiger partial charge in [0.05, 0.1) is 28.3 Å². The van der Waals surface area contributed by atoms with Crippen molar-refractivity contribution in [1.29, 1.82) is 5.41 Å². The third kappa shape index (κ3) is 8.63. The minimum atomic E-state index is -0.560. The number of amidine groups is 1. The molecular weight excluding hydrogens is 953 g/mol. The van der Waals surface area contributed by atoms with E-state index in [1.165, 1.54) is 61.2 Å². The maximum atomic E-state index is 9.00. The van der Waals surface area contributed by atoms with E-state index < -0.39 is 5.41 Å². The Morgan fingerprint density at radius 1 is 0.449 bits per heavy atom. The normalized spacial score (nSPS) is 13.7. The van der Waals surface area contributed by atoms with E-state index >= 15 is 0 Å². The molecule has 0 radical (unpaired) electrons. The summed E-state index contributed by atoms with van der Waals surface area (Å²) in [7, 11) is 0. The van der Waals surface area contributed by atoms with Crippen LogP contribution >= 0.6 is 0 Å². The van der Waals surface area contributed by atoms with Gasteiger partial charge in [-0.3, -0.25) is 5.41 Å². The highest BCUT2D eigenvalue weighted by molar-refractivity contribution is 6.03. The molecular formula is C71H74N6O. The average Bonchev–Trinajstić information content (AvgIpc) is 4.26. The fourth-order valence-corrected chi connectivity index (χ4v) is 12.9. The zero-order valence-corrected chi connectivity index (χ0v) is 48.8. The van der Waals surface area contributed by atoms with E-state index in [2.05, 4.69) is 231 Å². The molecule has 3 aromatic heterocycles. The van der Waals surface area contributed by atoms with Crippen LogP contribution in [-0.4, -0.2) is 25.8 Å². The van der Waals surface area contributed by atoms with Gasteiger partial charge in [-0.25, -0.2) is 9.97 Å². The molecule has 3 aliphatic heterocycles. The largest absolute Gasteiger partial charge is 0.455 e. The number of hydrogen-bond acceptors (Lipinski definition) is 4. The Balaban J connectivity index is 1.36. The van der Waals surface area contributed by atoms with E-state index in [1.807, 2.05) is 6.07 Å². The molecule has 8 bridgehead atoms. The molecule has 0 amide bonds. The number of aryl methyl sites for hydroxylation is 9. The molecule has 5 aromatic carbocycles. The van der Waals surface area contributed by atoms with Crippen molar-refractivity contribution in [2.45, 2.75) is 134 Å². The van der Waals surface area contributed by atoms with Crippen LogP contribution in [0.5, 0.6) is 11.5 Å². The van der Waals surface area contributed by atoms with E-state index in [4.69, 9.17) is 25.8 Å². The number of hydrogen-bond donors (Lipinski definition) is 4.